The lowest BCUT2D eigenvalue weighted by Gasteiger charge is -2.25. The fourth-order valence-electron chi connectivity index (χ4n) is 2.41. The molecule has 3 rings (SSSR count). The summed E-state index contributed by atoms with van der Waals surface area (Å²) in [4.78, 5) is 1.98. The van der Waals surface area contributed by atoms with Crippen molar-refractivity contribution in [1.82, 2.24) is 0 Å². The number of hydrogen-bond acceptors (Lipinski definition) is 3. The number of rotatable bonds is 3. The normalized spacial score (nSPS) is 10.4. The van der Waals surface area contributed by atoms with Crippen LogP contribution in [-0.4, -0.2) is 10.2 Å². The van der Waals surface area contributed by atoms with E-state index in [1.807, 2.05) is 48.2 Å². The molecule has 0 spiro atoms. The van der Waals surface area contributed by atoms with Crippen molar-refractivity contribution in [2.24, 2.45) is 0 Å². The van der Waals surface area contributed by atoms with Crippen LogP contribution in [-0.2, 0) is 0 Å². The quantitative estimate of drug-likeness (QED) is 0.723. The first-order valence-corrected chi connectivity index (χ1v) is 7.08. The van der Waals surface area contributed by atoms with E-state index in [4.69, 9.17) is 0 Å². The summed E-state index contributed by atoms with van der Waals surface area (Å²) in [6.07, 6.45) is 0. The first-order chi connectivity index (χ1) is 10.6. The van der Waals surface area contributed by atoms with Crippen molar-refractivity contribution in [2.45, 2.75) is 6.92 Å². The van der Waals surface area contributed by atoms with E-state index in [1.54, 1.807) is 36.4 Å². The van der Waals surface area contributed by atoms with Crippen molar-refractivity contribution in [1.29, 1.82) is 0 Å². The van der Waals surface area contributed by atoms with Crippen molar-refractivity contribution < 1.29 is 10.2 Å². The maximum atomic E-state index is 9.78. The SMILES string of the molecule is Cc1ccc(N(c2cccc(O)c2)c2cccc(O)c2)cc1. The summed E-state index contributed by atoms with van der Waals surface area (Å²) < 4.78 is 0. The van der Waals surface area contributed by atoms with Gasteiger partial charge in [0.15, 0.2) is 0 Å². The zero-order chi connectivity index (χ0) is 15.5. The van der Waals surface area contributed by atoms with Crippen LogP contribution in [0.1, 0.15) is 5.56 Å². The fourth-order valence-corrected chi connectivity index (χ4v) is 2.41. The average molecular weight is 291 g/mol. The molecule has 3 aromatic carbocycles. The van der Waals surface area contributed by atoms with Crippen LogP contribution in [0.5, 0.6) is 11.5 Å². The smallest absolute Gasteiger partial charge is 0.117 e. The molecule has 0 aliphatic heterocycles. The van der Waals surface area contributed by atoms with Crippen LogP contribution >= 0.6 is 0 Å². The Bertz CT molecular complexity index is 736. The summed E-state index contributed by atoms with van der Waals surface area (Å²) >= 11 is 0. The highest BCUT2D eigenvalue weighted by Crippen LogP contribution is 2.36. The molecule has 0 aromatic heterocycles. The highest BCUT2D eigenvalue weighted by Gasteiger charge is 2.13. The molecular formula is C19H17NO2. The van der Waals surface area contributed by atoms with Crippen LogP contribution in [0.4, 0.5) is 17.1 Å². The third kappa shape index (κ3) is 2.88. The average Bonchev–Trinajstić information content (AvgIpc) is 2.50. The van der Waals surface area contributed by atoms with E-state index >= 15 is 0 Å². The second-order valence-electron chi connectivity index (χ2n) is 5.21. The van der Waals surface area contributed by atoms with Crippen LogP contribution in [0.15, 0.2) is 72.8 Å². The third-order valence-corrected chi connectivity index (χ3v) is 3.47. The highest BCUT2D eigenvalue weighted by atomic mass is 16.3. The Labute approximate surface area is 129 Å². The number of benzene rings is 3. The predicted octanol–water partition coefficient (Wildman–Crippen LogP) is 4.88. The van der Waals surface area contributed by atoms with E-state index in [-0.39, 0.29) is 11.5 Å². The number of anilines is 3. The van der Waals surface area contributed by atoms with Gasteiger partial charge in [0.2, 0.25) is 0 Å². The van der Waals surface area contributed by atoms with Crippen molar-refractivity contribution in [3.05, 3.63) is 78.4 Å². The van der Waals surface area contributed by atoms with Gasteiger partial charge in [0, 0.05) is 29.2 Å². The summed E-state index contributed by atoms with van der Waals surface area (Å²) in [5.74, 6) is 0.407. The molecule has 0 heterocycles. The maximum Gasteiger partial charge on any atom is 0.117 e. The van der Waals surface area contributed by atoms with Crippen LogP contribution in [0.25, 0.3) is 0 Å². The summed E-state index contributed by atoms with van der Waals surface area (Å²) in [7, 11) is 0. The highest BCUT2D eigenvalue weighted by molar-refractivity contribution is 5.77. The molecule has 0 aliphatic rings. The van der Waals surface area contributed by atoms with Gasteiger partial charge in [-0.2, -0.15) is 0 Å². The molecule has 0 saturated heterocycles. The molecule has 110 valence electrons. The number of aromatic hydroxyl groups is 2. The van der Waals surface area contributed by atoms with Gasteiger partial charge >= 0.3 is 0 Å². The second kappa shape index (κ2) is 5.82. The van der Waals surface area contributed by atoms with Gasteiger partial charge in [0.1, 0.15) is 11.5 Å². The van der Waals surface area contributed by atoms with Gasteiger partial charge in [-0.25, -0.2) is 0 Å². The topological polar surface area (TPSA) is 43.7 Å². The molecule has 0 amide bonds. The van der Waals surface area contributed by atoms with Crippen molar-refractivity contribution in [3.8, 4) is 11.5 Å². The lowest BCUT2D eigenvalue weighted by atomic mass is 10.1. The fraction of sp³-hybridized carbons (Fsp3) is 0.0526. The van der Waals surface area contributed by atoms with E-state index < -0.39 is 0 Å². The van der Waals surface area contributed by atoms with E-state index in [2.05, 4.69) is 0 Å². The van der Waals surface area contributed by atoms with Gasteiger partial charge in [0.05, 0.1) is 0 Å². The summed E-state index contributed by atoms with van der Waals surface area (Å²) in [5, 5.41) is 19.6. The summed E-state index contributed by atoms with van der Waals surface area (Å²) in [5.41, 5.74) is 3.79. The van der Waals surface area contributed by atoms with Gasteiger partial charge in [-0.3, -0.25) is 0 Å². The molecule has 2 N–H and O–H groups in total. The molecule has 0 unspecified atom stereocenters. The lowest BCUT2D eigenvalue weighted by Crippen LogP contribution is -2.09. The second-order valence-corrected chi connectivity index (χ2v) is 5.21. The van der Waals surface area contributed by atoms with Crippen LogP contribution in [0.3, 0.4) is 0 Å². The van der Waals surface area contributed by atoms with Crippen LogP contribution in [0, 0.1) is 6.92 Å². The molecule has 0 bridgehead atoms. The van der Waals surface area contributed by atoms with Crippen LogP contribution < -0.4 is 4.90 Å². The van der Waals surface area contributed by atoms with E-state index in [1.165, 1.54) is 5.56 Å². The van der Waals surface area contributed by atoms with Crippen LogP contribution in [0.2, 0.25) is 0 Å². The third-order valence-electron chi connectivity index (χ3n) is 3.47. The lowest BCUT2D eigenvalue weighted by molar-refractivity contribution is 0.475. The van der Waals surface area contributed by atoms with Crippen molar-refractivity contribution in [2.75, 3.05) is 4.90 Å². The van der Waals surface area contributed by atoms with E-state index in [9.17, 15) is 10.2 Å². The standard InChI is InChI=1S/C19H17NO2/c1-14-8-10-15(11-9-14)20(16-4-2-6-18(21)12-16)17-5-3-7-19(22)13-17/h2-13,21-22H,1H3. The minimum Gasteiger partial charge on any atom is -0.508 e. The zero-order valence-electron chi connectivity index (χ0n) is 12.3. The molecule has 0 radical (unpaired) electrons. The Hall–Kier alpha value is -2.94. The molecule has 0 atom stereocenters. The minimum atomic E-state index is 0.203. The molecule has 3 nitrogen and oxygen atoms in total. The number of hydrogen-bond donors (Lipinski definition) is 2. The number of nitrogens with zero attached hydrogens (tertiary/aromatic N) is 1. The number of phenolic OH excluding ortho intramolecular Hbond substituents is 2. The molecule has 3 aromatic rings. The Balaban J connectivity index is 2.15. The summed E-state index contributed by atoms with van der Waals surface area (Å²) in [6.45, 7) is 2.04. The number of phenols is 2. The molecule has 3 heteroatoms. The molecule has 0 aliphatic carbocycles. The first-order valence-electron chi connectivity index (χ1n) is 7.08. The Morgan fingerprint density at radius 1 is 0.636 bits per heavy atom. The first kappa shape index (κ1) is 14.0. The van der Waals surface area contributed by atoms with Gasteiger partial charge in [-0.1, -0.05) is 29.8 Å². The van der Waals surface area contributed by atoms with Gasteiger partial charge in [0.25, 0.3) is 0 Å². The predicted molar refractivity (Wildman–Crippen MR) is 89.2 cm³/mol. The van der Waals surface area contributed by atoms with E-state index in [0.29, 0.717) is 0 Å². The van der Waals surface area contributed by atoms with Gasteiger partial charge in [-0.05, 0) is 43.3 Å². The minimum absolute atomic E-state index is 0.203. The Kier molecular flexibility index (Phi) is 3.71. The van der Waals surface area contributed by atoms with Crippen molar-refractivity contribution >= 4 is 17.1 Å². The Morgan fingerprint density at radius 3 is 1.59 bits per heavy atom. The van der Waals surface area contributed by atoms with Gasteiger partial charge < -0.3 is 15.1 Å². The largest absolute Gasteiger partial charge is 0.508 e. The Morgan fingerprint density at radius 2 is 1.14 bits per heavy atom. The molecule has 22 heavy (non-hydrogen) atoms. The van der Waals surface area contributed by atoms with Gasteiger partial charge in [-0.15, -0.1) is 0 Å². The number of aryl methyl sites for hydroxylation is 1. The zero-order valence-corrected chi connectivity index (χ0v) is 12.3. The molecule has 0 saturated carbocycles. The maximum absolute atomic E-state index is 9.78. The summed E-state index contributed by atoms with van der Waals surface area (Å²) in [6, 6.07) is 22.2. The molecule has 0 fully saturated rings. The van der Waals surface area contributed by atoms with Crippen molar-refractivity contribution in [3.63, 3.8) is 0 Å². The monoisotopic (exact) mass is 291 g/mol. The van der Waals surface area contributed by atoms with E-state index in [0.717, 1.165) is 17.1 Å². The molecular weight excluding hydrogens is 274 g/mol.